The first-order valence-electron chi connectivity index (χ1n) is 10.1. The van der Waals surface area contributed by atoms with E-state index >= 15 is 0 Å². The van der Waals surface area contributed by atoms with E-state index in [0.29, 0.717) is 28.0 Å². The Morgan fingerprint density at radius 3 is 2.67 bits per heavy atom. The van der Waals surface area contributed by atoms with Crippen molar-refractivity contribution >= 4 is 28.7 Å². The number of ketones is 1. The molecule has 1 aliphatic rings. The van der Waals surface area contributed by atoms with Crippen LogP contribution in [0.25, 0.3) is 28.4 Å². The number of carbonyl (C=O) groups is 2. The molecule has 0 saturated carbocycles. The molecule has 2 N–H and O–H groups in total. The van der Waals surface area contributed by atoms with E-state index in [1.807, 2.05) is 6.07 Å². The maximum absolute atomic E-state index is 13.3. The minimum absolute atomic E-state index is 0.0671. The van der Waals surface area contributed by atoms with Gasteiger partial charge in [0, 0.05) is 22.5 Å². The number of aromatic nitrogens is 2. The van der Waals surface area contributed by atoms with Crippen LogP contribution in [-0.2, 0) is 9.53 Å². The third-order valence-corrected chi connectivity index (χ3v) is 5.03. The van der Waals surface area contributed by atoms with Crippen LogP contribution >= 0.6 is 0 Å². The van der Waals surface area contributed by atoms with Crippen molar-refractivity contribution in [3.05, 3.63) is 65.5 Å². The number of carbonyl (C=O) groups excluding carboxylic acids is 2. The summed E-state index contributed by atoms with van der Waals surface area (Å²) in [4.78, 5) is 33.1. The minimum atomic E-state index is -0.848. The summed E-state index contributed by atoms with van der Waals surface area (Å²) < 4.78 is 21.1. The first-order valence-corrected chi connectivity index (χ1v) is 10.1. The fourth-order valence-corrected chi connectivity index (χ4v) is 3.47. The molecule has 3 heterocycles. The van der Waals surface area contributed by atoms with E-state index in [2.05, 4.69) is 9.97 Å². The zero-order valence-corrected chi connectivity index (χ0v) is 17.5. The van der Waals surface area contributed by atoms with Gasteiger partial charge in [0.05, 0.1) is 12.3 Å². The predicted octanol–water partition coefficient (Wildman–Crippen LogP) is 4.09. The highest BCUT2D eigenvalue weighted by Crippen LogP contribution is 2.36. The van der Waals surface area contributed by atoms with Crippen LogP contribution in [0.1, 0.15) is 23.1 Å². The Balaban J connectivity index is 1.54. The average molecular weight is 446 g/mol. The number of esters is 1. The van der Waals surface area contributed by atoms with Gasteiger partial charge in [-0.15, -0.1) is 0 Å². The summed E-state index contributed by atoms with van der Waals surface area (Å²) in [7, 11) is 0. The molecule has 1 aliphatic heterocycles. The van der Waals surface area contributed by atoms with Crippen LogP contribution in [0.3, 0.4) is 0 Å². The maximum atomic E-state index is 13.3. The number of hydrogen-bond donors (Lipinski definition) is 2. The number of fused-ring (bicyclic) bond motifs is 2. The quantitative estimate of drug-likeness (QED) is 0.149. The van der Waals surface area contributed by atoms with E-state index in [-0.39, 0.29) is 36.3 Å². The second kappa shape index (κ2) is 8.19. The standard InChI is InChI=1S/C24H18N2O7/c1-2-30-23(28)15(10-18-24(29)33-22(26-18)13-6-4-3-5-7-13)21(27)17-8-14-9-19-20(32-12-31-19)11-16(14)25-17/h3-11,25,29H,2,12H2,1H3/b15-10-. The number of nitrogens with one attached hydrogen (secondary N) is 1. The number of Topliss-reactive ketones (excluding diaryl/α,β-unsaturated/α-hetero) is 1. The molecule has 2 aromatic carbocycles. The number of rotatable bonds is 6. The van der Waals surface area contributed by atoms with Crippen LogP contribution in [0, 0.1) is 0 Å². The molecule has 33 heavy (non-hydrogen) atoms. The highest BCUT2D eigenvalue weighted by atomic mass is 16.7. The monoisotopic (exact) mass is 446 g/mol. The van der Waals surface area contributed by atoms with Gasteiger partial charge in [-0.1, -0.05) is 18.2 Å². The number of benzene rings is 2. The Kier molecular flexibility index (Phi) is 5.06. The number of aromatic hydroxyl groups is 1. The van der Waals surface area contributed by atoms with E-state index in [1.165, 1.54) is 0 Å². The maximum Gasteiger partial charge on any atom is 0.342 e. The van der Waals surface area contributed by atoms with Crippen molar-refractivity contribution in [2.75, 3.05) is 13.4 Å². The Morgan fingerprint density at radius 1 is 1.15 bits per heavy atom. The summed E-state index contributed by atoms with van der Waals surface area (Å²) in [6.45, 7) is 1.83. The van der Waals surface area contributed by atoms with Crippen LogP contribution in [0.15, 0.2) is 58.5 Å². The number of ether oxygens (including phenoxy) is 3. The third-order valence-electron chi connectivity index (χ3n) is 5.03. The summed E-state index contributed by atoms with van der Waals surface area (Å²) in [5, 5.41) is 11.0. The molecule has 0 saturated heterocycles. The molecule has 9 heteroatoms. The number of H-pyrrole nitrogens is 1. The molecule has 5 rings (SSSR count). The molecule has 0 unspecified atom stereocenters. The van der Waals surface area contributed by atoms with E-state index in [1.54, 1.807) is 49.4 Å². The van der Waals surface area contributed by atoms with Gasteiger partial charge in [0.2, 0.25) is 18.5 Å². The van der Waals surface area contributed by atoms with Crippen molar-refractivity contribution < 1.29 is 33.3 Å². The first-order chi connectivity index (χ1) is 16.0. The van der Waals surface area contributed by atoms with Crippen LogP contribution in [0.4, 0.5) is 0 Å². The zero-order chi connectivity index (χ0) is 22.9. The minimum Gasteiger partial charge on any atom is -0.479 e. The second-order valence-electron chi connectivity index (χ2n) is 7.16. The number of aromatic amines is 1. The molecular weight excluding hydrogens is 428 g/mol. The largest absolute Gasteiger partial charge is 0.479 e. The smallest absolute Gasteiger partial charge is 0.342 e. The summed E-state index contributed by atoms with van der Waals surface area (Å²) in [5.74, 6) is -0.719. The van der Waals surface area contributed by atoms with Crippen molar-refractivity contribution in [1.29, 1.82) is 0 Å². The molecule has 9 nitrogen and oxygen atoms in total. The Hall–Kier alpha value is -4.53. The van der Waals surface area contributed by atoms with Crippen LogP contribution in [0.5, 0.6) is 17.4 Å². The van der Waals surface area contributed by atoms with Gasteiger partial charge in [-0.05, 0) is 37.3 Å². The molecule has 0 spiro atoms. The Labute approximate surface area is 187 Å². The van der Waals surface area contributed by atoms with E-state index < -0.39 is 17.7 Å². The molecule has 0 bridgehead atoms. The molecule has 166 valence electrons. The van der Waals surface area contributed by atoms with E-state index in [0.717, 1.165) is 6.08 Å². The molecule has 0 atom stereocenters. The molecule has 0 radical (unpaired) electrons. The van der Waals surface area contributed by atoms with Crippen LogP contribution in [0.2, 0.25) is 0 Å². The SMILES string of the molecule is CCOC(=O)/C(=C\c1nc(-c2ccccc2)oc1O)C(=O)c1cc2cc3c(cc2[nH]1)OCO3. The molecule has 0 aliphatic carbocycles. The molecule has 4 aromatic rings. The lowest BCUT2D eigenvalue weighted by molar-refractivity contribution is -0.137. The zero-order valence-electron chi connectivity index (χ0n) is 17.5. The van der Waals surface area contributed by atoms with Gasteiger partial charge >= 0.3 is 11.9 Å². The summed E-state index contributed by atoms with van der Waals surface area (Å²) in [6, 6.07) is 14.0. The lowest BCUT2D eigenvalue weighted by atomic mass is 10.1. The Morgan fingerprint density at radius 2 is 1.91 bits per heavy atom. The summed E-state index contributed by atoms with van der Waals surface area (Å²) in [6.07, 6.45) is 1.16. The molecular formula is C24H18N2O7. The fraction of sp³-hybridized carbons (Fsp3) is 0.125. The first kappa shape index (κ1) is 20.4. The van der Waals surface area contributed by atoms with E-state index in [4.69, 9.17) is 18.6 Å². The molecule has 0 fully saturated rings. The number of hydrogen-bond acceptors (Lipinski definition) is 8. The normalized spacial score (nSPS) is 12.8. The van der Waals surface area contributed by atoms with Crippen molar-refractivity contribution in [3.8, 4) is 28.9 Å². The van der Waals surface area contributed by atoms with Crippen LogP contribution in [-0.4, -0.2) is 40.2 Å². The fourth-order valence-electron chi connectivity index (χ4n) is 3.47. The highest BCUT2D eigenvalue weighted by molar-refractivity contribution is 6.27. The number of nitrogens with zero attached hydrogens (tertiary/aromatic N) is 1. The van der Waals surface area contributed by atoms with Gasteiger partial charge in [0.25, 0.3) is 0 Å². The van der Waals surface area contributed by atoms with Gasteiger partial charge in [0.15, 0.2) is 11.5 Å². The van der Waals surface area contributed by atoms with Gasteiger partial charge in [-0.2, -0.15) is 0 Å². The van der Waals surface area contributed by atoms with Crippen molar-refractivity contribution in [2.24, 2.45) is 0 Å². The van der Waals surface area contributed by atoms with Crippen LogP contribution < -0.4 is 9.47 Å². The lowest BCUT2D eigenvalue weighted by Crippen LogP contribution is -2.16. The summed E-state index contributed by atoms with van der Waals surface area (Å²) in [5.41, 5.74) is 1.04. The van der Waals surface area contributed by atoms with Gasteiger partial charge in [-0.25, -0.2) is 9.78 Å². The third kappa shape index (κ3) is 3.80. The van der Waals surface area contributed by atoms with E-state index in [9.17, 15) is 14.7 Å². The second-order valence-corrected chi connectivity index (χ2v) is 7.16. The summed E-state index contributed by atoms with van der Waals surface area (Å²) >= 11 is 0. The van der Waals surface area contributed by atoms with Crippen molar-refractivity contribution in [3.63, 3.8) is 0 Å². The molecule has 2 aromatic heterocycles. The Bertz CT molecular complexity index is 1360. The lowest BCUT2D eigenvalue weighted by Gasteiger charge is -2.04. The van der Waals surface area contributed by atoms with Crippen molar-refractivity contribution in [1.82, 2.24) is 9.97 Å². The topological polar surface area (TPSA) is 124 Å². The molecule has 0 amide bonds. The average Bonchev–Trinajstić information content (AvgIpc) is 3.54. The van der Waals surface area contributed by atoms with Crippen molar-refractivity contribution in [2.45, 2.75) is 6.92 Å². The number of oxazole rings is 1. The van der Waals surface area contributed by atoms with Gasteiger partial charge in [0.1, 0.15) is 11.3 Å². The highest BCUT2D eigenvalue weighted by Gasteiger charge is 2.26. The van der Waals surface area contributed by atoms with Gasteiger partial charge in [-0.3, -0.25) is 4.79 Å². The predicted molar refractivity (Wildman–Crippen MR) is 117 cm³/mol. The van der Waals surface area contributed by atoms with Gasteiger partial charge < -0.3 is 28.7 Å².